The number of ether oxygens (including phenoxy) is 1. The summed E-state index contributed by atoms with van der Waals surface area (Å²) in [6, 6.07) is 11.1. The summed E-state index contributed by atoms with van der Waals surface area (Å²) >= 11 is 0. The molecule has 0 aliphatic heterocycles. The predicted octanol–water partition coefficient (Wildman–Crippen LogP) is 2.28. The molecule has 0 radical (unpaired) electrons. The Bertz CT molecular complexity index is 454. The quantitative estimate of drug-likeness (QED) is 0.712. The molecule has 0 spiro atoms. The number of carbonyl (C=O) groups excluding carboxylic acids is 1. The summed E-state index contributed by atoms with van der Waals surface area (Å²) in [7, 11) is 0. The van der Waals surface area contributed by atoms with Crippen LogP contribution in [0.15, 0.2) is 48.8 Å². The van der Waals surface area contributed by atoms with Crippen molar-refractivity contribution in [2.75, 3.05) is 0 Å². The van der Waals surface area contributed by atoms with Crippen molar-refractivity contribution in [1.29, 1.82) is 0 Å². The molecule has 0 aliphatic rings. The molecule has 1 aromatic heterocycles. The summed E-state index contributed by atoms with van der Waals surface area (Å²) in [5.41, 5.74) is 1.97. The zero-order chi connectivity index (χ0) is 10.5. The lowest BCUT2D eigenvalue weighted by molar-refractivity contribution is -0.120. The number of rotatable bonds is 3. The molecule has 3 heteroatoms. The van der Waals surface area contributed by atoms with Crippen LogP contribution in [0, 0.1) is 0 Å². The number of pyridine rings is 1. The van der Waals surface area contributed by atoms with Crippen molar-refractivity contribution < 1.29 is 9.53 Å². The third kappa shape index (κ3) is 2.20. The van der Waals surface area contributed by atoms with Crippen molar-refractivity contribution in [3.63, 3.8) is 0 Å². The van der Waals surface area contributed by atoms with Gasteiger partial charge in [0.1, 0.15) is 5.75 Å². The summed E-state index contributed by atoms with van der Waals surface area (Å²) in [4.78, 5) is 14.2. The van der Waals surface area contributed by atoms with E-state index in [1.165, 1.54) is 0 Å². The normalized spacial score (nSPS) is 9.60. The second-order valence-corrected chi connectivity index (χ2v) is 2.98. The minimum Gasteiger partial charge on any atom is -0.429 e. The summed E-state index contributed by atoms with van der Waals surface area (Å²) < 4.78 is 4.77. The van der Waals surface area contributed by atoms with Crippen molar-refractivity contribution in [2.45, 2.75) is 0 Å². The molecule has 0 amide bonds. The molecule has 0 saturated heterocycles. The highest BCUT2D eigenvalue weighted by atomic mass is 16.5. The van der Waals surface area contributed by atoms with Crippen LogP contribution in [0.4, 0.5) is 0 Å². The molecule has 0 fully saturated rings. The van der Waals surface area contributed by atoms with Crippen molar-refractivity contribution >= 4 is 6.47 Å². The first-order chi connectivity index (χ1) is 7.40. The van der Waals surface area contributed by atoms with Gasteiger partial charge in [0.15, 0.2) is 0 Å². The zero-order valence-electron chi connectivity index (χ0n) is 7.96. The Kier molecular flexibility index (Phi) is 2.74. The standard InChI is InChI=1S/C12H9NO2/c14-9-15-12-5-1-3-10(7-12)11-4-2-6-13-8-11/h1-9H. The second-order valence-electron chi connectivity index (χ2n) is 2.98. The van der Waals surface area contributed by atoms with E-state index in [-0.39, 0.29) is 0 Å². The maximum atomic E-state index is 10.2. The lowest BCUT2D eigenvalue weighted by Crippen LogP contribution is -1.88. The van der Waals surface area contributed by atoms with Crippen LogP contribution in [0.5, 0.6) is 5.75 Å². The average Bonchev–Trinajstić information content (AvgIpc) is 2.31. The maximum absolute atomic E-state index is 10.2. The Hall–Kier alpha value is -2.16. The van der Waals surface area contributed by atoms with E-state index >= 15 is 0 Å². The summed E-state index contributed by atoms with van der Waals surface area (Å²) in [5, 5.41) is 0. The Balaban J connectivity index is 2.37. The van der Waals surface area contributed by atoms with E-state index in [0.29, 0.717) is 12.2 Å². The minimum atomic E-state index is 0.419. The second kappa shape index (κ2) is 4.37. The highest BCUT2D eigenvalue weighted by Crippen LogP contribution is 2.22. The molecule has 3 nitrogen and oxygen atoms in total. The van der Waals surface area contributed by atoms with Gasteiger partial charge in [0.2, 0.25) is 0 Å². The van der Waals surface area contributed by atoms with Gasteiger partial charge in [0.05, 0.1) is 0 Å². The van der Waals surface area contributed by atoms with Crippen molar-refractivity contribution in [3.8, 4) is 16.9 Å². The molecule has 0 saturated carbocycles. The van der Waals surface area contributed by atoms with Crippen LogP contribution in [0.3, 0.4) is 0 Å². The first-order valence-corrected chi connectivity index (χ1v) is 4.51. The molecular formula is C12H9NO2. The molecule has 0 aliphatic carbocycles. The van der Waals surface area contributed by atoms with Crippen LogP contribution in [-0.4, -0.2) is 11.5 Å². The number of hydrogen-bond acceptors (Lipinski definition) is 3. The van der Waals surface area contributed by atoms with Gasteiger partial charge in [-0.05, 0) is 23.8 Å². The van der Waals surface area contributed by atoms with E-state index in [2.05, 4.69) is 4.98 Å². The third-order valence-corrected chi connectivity index (χ3v) is 2.01. The number of benzene rings is 1. The average molecular weight is 199 g/mol. The number of nitrogens with zero attached hydrogens (tertiary/aromatic N) is 1. The van der Waals surface area contributed by atoms with E-state index in [9.17, 15) is 4.79 Å². The van der Waals surface area contributed by atoms with Crippen LogP contribution in [0.2, 0.25) is 0 Å². The molecule has 0 N–H and O–H groups in total. The Morgan fingerprint density at radius 2 is 2.00 bits per heavy atom. The first kappa shape index (κ1) is 9.40. The fourth-order valence-electron chi connectivity index (χ4n) is 1.34. The SMILES string of the molecule is O=COc1cccc(-c2cccnc2)c1. The molecule has 0 unspecified atom stereocenters. The monoisotopic (exact) mass is 199 g/mol. The Morgan fingerprint density at radius 1 is 1.13 bits per heavy atom. The van der Waals surface area contributed by atoms with E-state index in [1.807, 2.05) is 24.3 Å². The van der Waals surface area contributed by atoms with Gasteiger partial charge in [-0.3, -0.25) is 9.78 Å². The van der Waals surface area contributed by atoms with Gasteiger partial charge >= 0.3 is 0 Å². The number of hydrogen-bond donors (Lipinski definition) is 0. The molecular weight excluding hydrogens is 190 g/mol. The largest absolute Gasteiger partial charge is 0.429 e. The van der Waals surface area contributed by atoms with Crippen LogP contribution < -0.4 is 4.74 Å². The van der Waals surface area contributed by atoms with Crippen LogP contribution in [0.1, 0.15) is 0 Å². The fraction of sp³-hybridized carbons (Fsp3) is 0. The van der Waals surface area contributed by atoms with Gasteiger partial charge in [0, 0.05) is 18.0 Å². The molecule has 2 rings (SSSR count). The fourth-order valence-corrected chi connectivity index (χ4v) is 1.34. The smallest absolute Gasteiger partial charge is 0.298 e. The lowest BCUT2D eigenvalue weighted by Gasteiger charge is -2.02. The summed E-state index contributed by atoms with van der Waals surface area (Å²) in [5.74, 6) is 0.534. The molecule has 0 bridgehead atoms. The zero-order valence-corrected chi connectivity index (χ0v) is 7.96. The number of aromatic nitrogens is 1. The van der Waals surface area contributed by atoms with E-state index in [4.69, 9.17) is 4.74 Å². The Morgan fingerprint density at radius 3 is 2.73 bits per heavy atom. The summed E-state index contributed by atoms with van der Waals surface area (Å²) in [6.45, 7) is 0.419. The van der Waals surface area contributed by atoms with E-state index < -0.39 is 0 Å². The van der Waals surface area contributed by atoms with Crippen LogP contribution in [-0.2, 0) is 4.79 Å². The van der Waals surface area contributed by atoms with Gasteiger partial charge in [0.25, 0.3) is 6.47 Å². The van der Waals surface area contributed by atoms with Crippen molar-refractivity contribution in [3.05, 3.63) is 48.8 Å². The predicted molar refractivity (Wildman–Crippen MR) is 56.4 cm³/mol. The molecule has 1 aromatic carbocycles. The molecule has 74 valence electrons. The van der Waals surface area contributed by atoms with Crippen molar-refractivity contribution in [1.82, 2.24) is 4.98 Å². The van der Waals surface area contributed by atoms with Crippen LogP contribution in [0.25, 0.3) is 11.1 Å². The third-order valence-electron chi connectivity index (χ3n) is 2.01. The van der Waals surface area contributed by atoms with Crippen molar-refractivity contribution in [2.24, 2.45) is 0 Å². The molecule has 1 heterocycles. The highest BCUT2D eigenvalue weighted by Gasteiger charge is 1.98. The van der Waals surface area contributed by atoms with Crippen LogP contribution >= 0.6 is 0 Å². The van der Waals surface area contributed by atoms with Gasteiger partial charge in [-0.15, -0.1) is 0 Å². The van der Waals surface area contributed by atoms with Gasteiger partial charge in [-0.25, -0.2) is 0 Å². The summed E-state index contributed by atoms with van der Waals surface area (Å²) in [6.07, 6.45) is 3.48. The molecule has 15 heavy (non-hydrogen) atoms. The van der Waals surface area contributed by atoms with E-state index in [1.54, 1.807) is 24.5 Å². The highest BCUT2D eigenvalue weighted by molar-refractivity contribution is 5.64. The molecule has 2 aromatic rings. The van der Waals surface area contributed by atoms with Gasteiger partial charge < -0.3 is 4.74 Å². The maximum Gasteiger partial charge on any atom is 0.298 e. The topological polar surface area (TPSA) is 39.2 Å². The lowest BCUT2D eigenvalue weighted by atomic mass is 10.1. The minimum absolute atomic E-state index is 0.419. The first-order valence-electron chi connectivity index (χ1n) is 4.51. The van der Waals surface area contributed by atoms with Gasteiger partial charge in [-0.1, -0.05) is 18.2 Å². The Labute approximate surface area is 87.3 Å². The van der Waals surface area contributed by atoms with E-state index in [0.717, 1.165) is 11.1 Å². The molecule has 0 atom stereocenters. The number of carbonyl (C=O) groups is 1. The van der Waals surface area contributed by atoms with Gasteiger partial charge in [-0.2, -0.15) is 0 Å².